The number of benzene rings is 1. The number of rotatable bonds is 7. The van der Waals surface area contributed by atoms with Gasteiger partial charge in [0.05, 0.1) is 18.2 Å². The van der Waals surface area contributed by atoms with Gasteiger partial charge >= 0.3 is 0 Å². The lowest BCUT2D eigenvalue weighted by Gasteiger charge is -2.23. The Bertz CT molecular complexity index is 458. The van der Waals surface area contributed by atoms with Crippen molar-refractivity contribution in [1.29, 1.82) is 0 Å². The van der Waals surface area contributed by atoms with Crippen LogP contribution in [-0.4, -0.2) is 33.4 Å². The Morgan fingerprint density at radius 2 is 1.96 bits per heavy atom. The van der Waals surface area contributed by atoms with Crippen LogP contribution in [0.1, 0.15) is 25.3 Å². The van der Waals surface area contributed by atoms with Gasteiger partial charge in [0.15, 0.2) is 11.5 Å². The van der Waals surface area contributed by atoms with Crippen molar-refractivity contribution in [2.75, 3.05) is 33.4 Å². The lowest BCUT2D eigenvalue weighted by Crippen LogP contribution is -3.00. The minimum Gasteiger partial charge on any atom is -1.00 e. The van der Waals surface area contributed by atoms with Crippen molar-refractivity contribution in [1.82, 2.24) is 10.6 Å². The lowest BCUT2D eigenvalue weighted by atomic mass is 9.98. The van der Waals surface area contributed by atoms with Crippen LogP contribution in [-0.2, 0) is 6.54 Å². The van der Waals surface area contributed by atoms with E-state index < -0.39 is 0 Å². The molecule has 134 valence electrons. The average molecular weight is 428 g/mol. The fourth-order valence-corrected chi connectivity index (χ4v) is 3.27. The molecule has 0 bridgehead atoms. The first-order chi connectivity index (χ1) is 10.2. The Hall–Kier alpha value is -0.200. The average Bonchev–Trinajstić information content (AvgIpc) is 2.51. The molecule has 7 heteroatoms. The molecule has 1 aromatic rings. The fourth-order valence-electron chi connectivity index (χ4n) is 2.67. The topological polar surface area (TPSA) is 42.5 Å². The SMILES string of the molecule is CCOc1c(Br)cc(CNCC2CCNCC2)cc1OC.[Cl-].[Cl-]. The van der Waals surface area contributed by atoms with Crippen LogP contribution >= 0.6 is 15.9 Å². The van der Waals surface area contributed by atoms with E-state index in [1.165, 1.54) is 18.4 Å². The minimum absolute atomic E-state index is 0. The Balaban J connectivity index is 0.00000242. The number of nitrogens with one attached hydrogen (secondary N) is 2. The first-order valence-electron chi connectivity index (χ1n) is 7.65. The molecule has 1 fully saturated rings. The van der Waals surface area contributed by atoms with Gasteiger partial charge in [-0.25, -0.2) is 0 Å². The molecule has 0 radical (unpaired) electrons. The molecule has 0 aliphatic carbocycles. The number of methoxy groups -OCH3 is 1. The number of hydrogen-bond acceptors (Lipinski definition) is 4. The van der Waals surface area contributed by atoms with Crippen molar-refractivity contribution in [2.45, 2.75) is 26.3 Å². The van der Waals surface area contributed by atoms with Gasteiger partial charge in [0.2, 0.25) is 0 Å². The van der Waals surface area contributed by atoms with Crippen LogP contribution in [0.5, 0.6) is 11.5 Å². The van der Waals surface area contributed by atoms with Crippen LogP contribution in [0.15, 0.2) is 16.6 Å². The molecule has 0 atom stereocenters. The molecule has 0 spiro atoms. The summed E-state index contributed by atoms with van der Waals surface area (Å²) in [6, 6.07) is 4.15. The minimum atomic E-state index is 0. The highest BCUT2D eigenvalue weighted by Gasteiger charge is 2.14. The van der Waals surface area contributed by atoms with Crippen molar-refractivity contribution in [2.24, 2.45) is 5.92 Å². The van der Waals surface area contributed by atoms with E-state index in [-0.39, 0.29) is 24.8 Å². The third-order valence-electron chi connectivity index (χ3n) is 3.80. The zero-order valence-electron chi connectivity index (χ0n) is 13.6. The maximum absolute atomic E-state index is 5.61. The zero-order valence-corrected chi connectivity index (χ0v) is 16.7. The van der Waals surface area contributed by atoms with Crippen molar-refractivity contribution in [3.05, 3.63) is 22.2 Å². The fraction of sp³-hybridized carbons (Fsp3) is 0.625. The summed E-state index contributed by atoms with van der Waals surface area (Å²) in [6.45, 7) is 6.83. The number of hydrogen-bond donors (Lipinski definition) is 2. The molecule has 1 saturated heterocycles. The summed E-state index contributed by atoms with van der Waals surface area (Å²) in [7, 11) is 1.68. The van der Waals surface area contributed by atoms with Crippen LogP contribution in [0.25, 0.3) is 0 Å². The van der Waals surface area contributed by atoms with Crippen LogP contribution in [0.2, 0.25) is 0 Å². The smallest absolute Gasteiger partial charge is 0.175 e. The largest absolute Gasteiger partial charge is 1.00 e. The Morgan fingerprint density at radius 3 is 2.57 bits per heavy atom. The lowest BCUT2D eigenvalue weighted by molar-refractivity contribution is -0.001000. The Labute approximate surface area is 160 Å². The van der Waals surface area contributed by atoms with E-state index in [1.807, 2.05) is 13.0 Å². The Kier molecular flexibility index (Phi) is 12.1. The van der Waals surface area contributed by atoms with Gasteiger partial charge in [0.1, 0.15) is 0 Å². The van der Waals surface area contributed by atoms with Gasteiger partial charge in [0.25, 0.3) is 0 Å². The van der Waals surface area contributed by atoms with E-state index >= 15 is 0 Å². The molecule has 1 aromatic carbocycles. The summed E-state index contributed by atoms with van der Waals surface area (Å²) in [6.07, 6.45) is 2.53. The van der Waals surface area contributed by atoms with Crippen LogP contribution < -0.4 is 44.9 Å². The van der Waals surface area contributed by atoms with Gasteiger partial charge < -0.3 is 44.9 Å². The Morgan fingerprint density at radius 1 is 1.26 bits per heavy atom. The van der Waals surface area contributed by atoms with Gasteiger partial charge in [-0.2, -0.15) is 0 Å². The van der Waals surface area contributed by atoms with Crippen LogP contribution in [0.3, 0.4) is 0 Å². The monoisotopic (exact) mass is 426 g/mol. The summed E-state index contributed by atoms with van der Waals surface area (Å²) in [5, 5.41) is 6.96. The molecule has 0 saturated carbocycles. The van der Waals surface area contributed by atoms with Gasteiger partial charge in [-0.3, -0.25) is 0 Å². The third kappa shape index (κ3) is 7.06. The molecule has 1 aliphatic heterocycles. The maximum Gasteiger partial charge on any atom is 0.175 e. The molecular formula is C16H25BrCl2N2O2-2. The molecule has 2 rings (SSSR count). The summed E-state index contributed by atoms with van der Waals surface area (Å²) >= 11 is 3.57. The highest BCUT2D eigenvalue weighted by molar-refractivity contribution is 9.10. The number of halogens is 3. The van der Waals surface area contributed by atoms with E-state index in [1.54, 1.807) is 7.11 Å². The predicted octanol–water partition coefficient (Wildman–Crippen LogP) is -3.05. The van der Waals surface area contributed by atoms with Crippen molar-refractivity contribution in [3.63, 3.8) is 0 Å². The molecule has 2 N–H and O–H groups in total. The van der Waals surface area contributed by atoms with Gasteiger partial charge in [0, 0.05) is 6.54 Å². The van der Waals surface area contributed by atoms with E-state index in [4.69, 9.17) is 9.47 Å². The first kappa shape index (κ1) is 22.8. The molecule has 23 heavy (non-hydrogen) atoms. The van der Waals surface area contributed by atoms with Gasteiger partial charge in [-0.15, -0.1) is 0 Å². The van der Waals surface area contributed by atoms with Crippen molar-refractivity contribution < 1.29 is 34.3 Å². The standard InChI is InChI=1S/C16H25BrN2O2.2ClH/c1-3-21-16-14(17)8-13(9-15(16)20-2)11-19-10-12-4-6-18-7-5-12;;/h8-9,12,18-19H,3-7,10-11H2,1-2H3;2*1H/p-2. The number of piperidine rings is 1. The van der Waals surface area contributed by atoms with Crippen molar-refractivity contribution >= 4 is 15.9 Å². The highest BCUT2D eigenvalue weighted by atomic mass is 79.9. The summed E-state index contributed by atoms with van der Waals surface area (Å²) < 4.78 is 12.0. The van der Waals surface area contributed by atoms with Crippen molar-refractivity contribution in [3.8, 4) is 11.5 Å². The predicted molar refractivity (Wildman–Crippen MR) is 89.2 cm³/mol. The van der Waals surface area contributed by atoms with E-state index in [0.717, 1.165) is 48.1 Å². The molecule has 0 amide bonds. The summed E-state index contributed by atoms with van der Waals surface area (Å²) in [4.78, 5) is 0. The molecular weight excluding hydrogens is 403 g/mol. The van der Waals surface area contributed by atoms with Gasteiger partial charge in [-0.1, -0.05) is 0 Å². The van der Waals surface area contributed by atoms with E-state index in [9.17, 15) is 0 Å². The zero-order chi connectivity index (χ0) is 15.1. The second-order valence-corrected chi connectivity index (χ2v) is 6.22. The van der Waals surface area contributed by atoms with E-state index in [0.29, 0.717) is 6.61 Å². The second-order valence-electron chi connectivity index (χ2n) is 5.37. The van der Waals surface area contributed by atoms with E-state index in [2.05, 4.69) is 32.6 Å². The summed E-state index contributed by atoms with van der Waals surface area (Å²) in [5.74, 6) is 2.35. The normalized spacial score (nSPS) is 14.6. The second kappa shape index (κ2) is 12.2. The van der Waals surface area contributed by atoms with Gasteiger partial charge in [-0.05, 0) is 78.9 Å². The first-order valence-corrected chi connectivity index (χ1v) is 8.44. The molecule has 0 aromatic heterocycles. The van der Waals surface area contributed by atoms with Crippen LogP contribution in [0, 0.1) is 5.92 Å². The number of ether oxygens (including phenoxy) is 2. The van der Waals surface area contributed by atoms with Crippen LogP contribution in [0.4, 0.5) is 0 Å². The molecule has 4 nitrogen and oxygen atoms in total. The maximum atomic E-state index is 5.61. The highest BCUT2D eigenvalue weighted by Crippen LogP contribution is 2.36. The molecule has 1 heterocycles. The molecule has 0 unspecified atom stereocenters. The summed E-state index contributed by atoms with van der Waals surface area (Å²) in [5.41, 5.74) is 1.20. The molecule has 1 aliphatic rings. The quantitative estimate of drug-likeness (QED) is 0.485. The third-order valence-corrected chi connectivity index (χ3v) is 4.39.